The number of nitrogens with two attached hydrogens (primary N) is 1. The third-order valence-electron chi connectivity index (χ3n) is 4.14. The van der Waals surface area contributed by atoms with Crippen LogP contribution in [0, 0.1) is 0 Å². The number of hydrogen-bond acceptors (Lipinski definition) is 5. The number of guanidine groups is 1. The van der Waals surface area contributed by atoms with Gasteiger partial charge in [0.25, 0.3) is 5.91 Å². The smallest absolute Gasteiger partial charge is 0.266 e. The Kier molecular flexibility index (Phi) is 2.74. The molecule has 4 rings (SSSR count). The fourth-order valence-corrected chi connectivity index (χ4v) is 3.38. The van der Waals surface area contributed by atoms with Gasteiger partial charge in [-0.25, -0.2) is 4.99 Å². The summed E-state index contributed by atoms with van der Waals surface area (Å²) in [5.41, 5.74) is 5.62. The first kappa shape index (κ1) is 14.1. The van der Waals surface area contributed by atoms with Gasteiger partial charge in [-0.2, -0.15) is 0 Å². The van der Waals surface area contributed by atoms with Crippen LogP contribution in [0.4, 0.5) is 0 Å². The number of fused-ring (bicyclic) bond motifs is 4. The average molecular weight is 374 g/mol. The molecule has 0 saturated heterocycles. The van der Waals surface area contributed by atoms with Crippen LogP contribution in [-0.2, 0) is 10.3 Å². The number of hydrogen-bond donors (Lipinski definition) is 2. The zero-order chi connectivity index (χ0) is 16.4. The topological polar surface area (TPSA) is 88.2 Å². The fraction of sp³-hybridized carbons (Fsp3) is 0.125. The fourth-order valence-electron chi connectivity index (χ4n) is 3.02. The molecule has 1 unspecified atom stereocenters. The van der Waals surface area contributed by atoms with Gasteiger partial charge in [0.2, 0.25) is 5.54 Å². The lowest BCUT2D eigenvalue weighted by molar-refractivity contribution is -0.129. The maximum Gasteiger partial charge on any atom is 0.266 e. The summed E-state index contributed by atoms with van der Waals surface area (Å²) in [5.74, 6) is 0.868. The van der Waals surface area contributed by atoms with E-state index in [0.29, 0.717) is 22.6 Å². The highest BCUT2D eigenvalue weighted by atomic mass is 79.9. The molecule has 0 aromatic heterocycles. The summed E-state index contributed by atoms with van der Waals surface area (Å²) in [6, 6.07) is 10.0. The van der Waals surface area contributed by atoms with E-state index in [1.54, 1.807) is 25.2 Å². The van der Waals surface area contributed by atoms with E-state index < -0.39 is 5.54 Å². The number of aliphatic imine (C=N–C) groups is 1. The maximum atomic E-state index is 13.0. The van der Waals surface area contributed by atoms with Gasteiger partial charge >= 0.3 is 0 Å². The van der Waals surface area contributed by atoms with Crippen LogP contribution in [-0.4, -0.2) is 28.9 Å². The number of likely N-dealkylation sites (N-methyl/N-ethyl adjacent to an activating group) is 1. The SMILES string of the molecule is CN1C(=O)C2(N=C1N)c1cc(O)ccc1Oc1ccc(Br)cc12. The molecule has 3 N–H and O–H groups in total. The molecule has 2 aromatic carbocycles. The number of halogens is 1. The molecule has 2 aromatic rings. The normalized spacial score (nSPS) is 21.7. The monoisotopic (exact) mass is 373 g/mol. The van der Waals surface area contributed by atoms with Crippen molar-refractivity contribution >= 4 is 27.8 Å². The Labute approximate surface area is 140 Å². The van der Waals surface area contributed by atoms with Crippen molar-refractivity contribution in [2.75, 3.05) is 7.05 Å². The van der Waals surface area contributed by atoms with E-state index in [1.165, 1.54) is 17.0 Å². The summed E-state index contributed by atoms with van der Waals surface area (Å²) < 4.78 is 6.67. The van der Waals surface area contributed by atoms with Crippen molar-refractivity contribution < 1.29 is 14.6 Å². The molecule has 2 heterocycles. The van der Waals surface area contributed by atoms with Crippen LogP contribution in [0.15, 0.2) is 45.9 Å². The van der Waals surface area contributed by atoms with Crippen LogP contribution < -0.4 is 10.5 Å². The van der Waals surface area contributed by atoms with Crippen LogP contribution in [0.25, 0.3) is 0 Å². The minimum atomic E-state index is -1.34. The van der Waals surface area contributed by atoms with E-state index in [4.69, 9.17) is 10.5 Å². The van der Waals surface area contributed by atoms with Gasteiger partial charge in [-0.15, -0.1) is 0 Å². The van der Waals surface area contributed by atoms with E-state index in [1.807, 2.05) is 6.07 Å². The summed E-state index contributed by atoms with van der Waals surface area (Å²) in [6.45, 7) is 0. The number of benzene rings is 2. The molecule has 116 valence electrons. The molecular formula is C16H12BrN3O3. The van der Waals surface area contributed by atoms with Crippen molar-refractivity contribution in [2.45, 2.75) is 5.54 Å². The van der Waals surface area contributed by atoms with Crippen molar-refractivity contribution in [3.8, 4) is 17.2 Å². The highest BCUT2D eigenvalue weighted by Gasteiger charge is 2.54. The van der Waals surface area contributed by atoms with Crippen LogP contribution in [0.1, 0.15) is 11.1 Å². The molecule has 1 spiro atoms. The molecule has 1 atom stereocenters. The van der Waals surface area contributed by atoms with E-state index in [2.05, 4.69) is 20.9 Å². The lowest BCUT2D eigenvalue weighted by atomic mass is 9.80. The first-order valence-electron chi connectivity index (χ1n) is 6.88. The number of aromatic hydroxyl groups is 1. The Morgan fingerprint density at radius 3 is 2.52 bits per heavy atom. The molecule has 0 saturated carbocycles. The standard InChI is InChI=1S/C16H12BrN3O3/c1-20-14(22)16(19-15(20)18)10-6-8(17)2-4-12(10)23-13-5-3-9(21)7-11(13)16/h2-7,21H,1H3,(H2,18,19). The number of carbonyl (C=O) groups excluding carboxylic acids is 1. The number of carbonyl (C=O) groups is 1. The summed E-state index contributed by atoms with van der Waals surface area (Å²) in [4.78, 5) is 18.8. The Morgan fingerprint density at radius 2 is 1.87 bits per heavy atom. The predicted molar refractivity (Wildman–Crippen MR) is 87.5 cm³/mol. The minimum absolute atomic E-state index is 0.0290. The largest absolute Gasteiger partial charge is 0.508 e. The molecular weight excluding hydrogens is 362 g/mol. The summed E-state index contributed by atoms with van der Waals surface area (Å²) >= 11 is 3.42. The van der Waals surface area contributed by atoms with E-state index in [0.717, 1.165) is 4.47 Å². The first-order valence-corrected chi connectivity index (χ1v) is 7.67. The lowest BCUT2D eigenvalue weighted by Gasteiger charge is -2.33. The van der Waals surface area contributed by atoms with Gasteiger partial charge in [0.05, 0.1) is 0 Å². The summed E-state index contributed by atoms with van der Waals surface area (Å²) in [6.07, 6.45) is 0. The van der Waals surface area contributed by atoms with Gasteiger partial charge in [-0.1, -0.05) is 15.9 Å². The quantitative estimate of drug-likeness (QED) is 0.741. The third-order valence-corrected chi connectivity index (χ3v) is 4.64. The lowest BCUT2D eigenvalue weighted by Crippen LogP contribution is -2.42. The first-order chi connectivity index (χ1) is 10.9. The van der Waals surface area contributed by atoms with Crippen LogP contribution in [0.5, 0.6) is 17.2 Å². The van der Waals surface area contributed by atoms with Crippen LogP contribution in [0.2, 0.25) is 0 Å². The molecule has 0 bridgehead atoms. The van der Waals surface area contributed by atoms with Gasteiger partial charge in [-0.3, -0.25) is 9.69 Å². The van der Waals surface area contributed by atoms with Crippen molar-refractivity contribution in [1.82, 2.24) is 4.90 Å². The van der Waals surface area contributed by atoms with Crippen LogP contribution in [0.3, 0.4) is 0 Å². The maximum absolute atomic E-state index is 13.0. The van der Waals surface area contributed by atoms with E-state index in [-0.39, 0.29) is 17.6 Å². The Morgan fingerprint density at radius 1 is 1.22 bits per heavy atom. The summed E-state index contributed by atoms with van der Waals surface area (Å²) in [5, 5.41) is 9.88. The molecule has 6 nitrogen and oxygen atoms in total. The number of phenols is 1. The summed E-state index contributed by atoms with van der Waals surface area (Å²) in [7, 11) is 1.57. The van der Waals surface area contributed by atoms with Crippen molar-refractivity contribution in [1.29, 1.82) is 0 Å². The third kappa shape index (κ3) is 1.74. The van der Waals surface area contributed by atoms with Crippen molar-refractivity contribution in [3.05, 3.63) is 52.0 Å². The van der Waals surface area contributed by atoms with Gasteiger partial charge < -0.3 is 15.6 Å². The average Bonchev–Trinajstić information content (AvgIpc) is 2.75. The molecule has 0 aliphatic carbocycles. The van der Waals surface area contributed by atoms with Gasteiger partial charge in [0, 0.05) is 22.6 Å². The molecule has 7 heteroatoms. The van der Waals surface area contributed by atoms with Crippen molar-refractivity contribution in [2.24, 2.45) is 10.7 Å². The minimum Gasteiger partial charge on any atom is -0.508 e. The second kappa shape index (κ2) is 4.48. The molecule has 2 aliphatic rings. The number of phenolic OH excluding ortho intramolecular Hbond substituents is 1. The second-order valence-corrected chi connectivity index (χ2v) is 6.38. The van der Waals surface area contributed by atoms with Gasteiger partial charge in [0.15, 0.2) is 5.96 Å². The molecule has 0 radical (unpaired) electrons. The number of rotatable bonds is 0. The van der Waals surface area contributed by atoms with E-state index in [9.17, 15) is 9.90 Å². The number of amides is 1. The molecule has 0 fully saturated rings. The zero-order valence-corrected chi connectivity index (χ0v) is 13.7. The van der Waals surface area contributed by atoms with Crippen molar-refractivity contribution in [3.63, 3.8) is 0 Å². The molecule has 1 amide bonds. The predicted octanol–water partition coefficient (Wildman–Crippen LogP) is 2.29. The molecule has 23 heavy (non-hydrogen) atoms. The Balaban J connectivity index is 2.11. The highest BCUT2D eigenvalue weighted by Crippen LogP contribution is 2.52. The number of ether oxygens (including phenoxy) is 1. The van der Waals surface area contributed by atoms with Gasteiger partial charge in [-0.05, 0) is 36.4 Å². The van der Waals surface area contributed by atoms with E-state index >= 15 is 0 Å². The number of nitrogens with zero attached hydrogens (tertiary/aromatic N) is 2. The Bertz CT molecular complexity index is 843. The Hall–Kier alpha value is -2.54. The highest BCUT2D eigenvalue weighted by molar-refractivity contribution is 9.10. The van der Waals surface area contributed by atoms with Crippen LogP contribution >= 0.6 is 15.9 Å². The van der Waals surface area contributed by atoms with Gasteiger partial charge in [0.1, 0.15) is 17.2 Å². The zero-order valence-electron chi connectivity index (χ0n) is 12.1. The second-order valence-electron chi connectivity index (χ2n) is 5.47. The molecule has 2 aliphatic heterocycles.